The predicted octanol–water partition coefficient (Wildman–Crippen LogP) is 3.31. The zero-order chi connectivity index (χ0) is 50.1. The van der Waals surface area contributed by atoms with Gasteiger partial charge < -0.3 is 50.3 Å². The Bertz CT molecular complexity index is 1870. The molecule has 6 N–H and O–H groups in total. The minimum Gasteiger partial charge on any atom is -0.390 e. The highest BCUT2D eigenvalue weighted by molar-refractivity contribution is 7.09. The number of rotatable bonds is 28. The number of ether oxygens (including phenoxy) is 2. The normalized spacial score (nSPS) is 19.6. The molecule has 0 spiro atoms. The summed E-state index contributed by atoms with van der Waals surface area (Å²) < 4.78 is 12.1. The first-order chi connectivity index (χ1) is 31.7. The quantitative estimate of drug-likeness (QED) is 0.0408. The molecule has 3 rings (SSSR count). The molecule has 67 heavy (non-hydrogen) atoms. The van der Waals surface area contributed by atoms with Crippen molar-refractivity contribution < 1.29 is 49.1 Å². The number of carbonyl (C=O) groups is 4. The van der Waals surface area contributed by atoms with Crippen molar-refractivity contribution in [3.05, 3.63) is 62.9 Å². The highest BCUT2D eigenvalue weighted by atomic mass is 32.1. The lowest BCUT2D eigenvalue weighted by molar-refractivity contribution is -0.148. The third kappa shape index (κ3) is 15.6. The van der Waals surface area contributed by atoms with Crippen LogP contribution in [-0.4, -0.2) is 172 Å². The van der Waals surface area contributed by atoms with E-state index in [1.54, 1.807) is 51.0 Å². The van der Waals surface area contributed by atoms with Crippen LogP contribution in [0.15, 0.2) is 47.0 Å². The van der Waals surface area contributed by atoms with Crippen molar-refractivity contribution in [2.75, 3.05) is 47.9 Å². The lowest BCUT2D eigenvalue weighted by Gasteiger charge is -2.41. The van der Waals surface area contributed by atoms with Gasteiger partial charge in [0.05, 0.1) is 67.5 Å². The number of hydrogen-bond donors (Lipinski definition) is 6. The minimum atomic E-state index is -1.83. The summed E-state index contributed by atoms with van der Waals surface area (Å²) in [6.45, 7) is 12.7. The Morgan fingerprint density at radius 3 is 2.16 bits per heavy atom. The van der Waals surface area contributed by atoms with Gasteiger partial charge in [-0.25, -0.2) is 4.98 Å². The number of methoxy groups -OCH3 is 2. The van der Waals surface area contributed by atoms with E-state index in [1.807, 2.05) is 70.3 Å². The maximum absolute atomic E-state index is 14.6. The molecule has 19 nitrogen and oxygen atoms in total. The van der Waals surface area contributed by atoms with Crippen molar-refractivity contribution in [3.8, 4) is 0 Å². The summed E-state index contributed by atoms with van der Waals surface area (Å²) >= 11 is 1.48. The van der Waals surface area contributed by atoms with Crippen molar-refractivity contribution in [1.29, 1.82) is 0 Å². The Balaban J connectivity index is 1.78. The van der Waals surface area contributed by atoms with Gasteiger partial charge in [-0.15, -0.1) is 11.3 Å². The Hall–Kier alpha value is -4.24. The standard InChI is InChI=1S/C47H77N9O10S/c1-12-29(6)40(55(9)47(64)38(27(2)3)52-45(63)39(28(4)5)54(8)26-35(58)42(61)41(60)34(57)25-50-53-48)36(65-10)24-37(59)56-21-16-19-33(56)43(66-11)30(7)44(62)51-32(46-49-20-22-67-46)23-31-17-14-13-15-18-31/h13-15,17-18,20,22,27-30,32-36,38-43,57-58,60-61H,12,16,19,21,23-26H2,1-11H3,(H,51,62)(H,52,63)/t29-,30+,32+,33?,34-,35-,36?,38+,39+,40-,41-,42-,43+/m1/s1. The van der Waals surface area contributed by atoms with Crippen LogP contribution in [0.3, 0.4) is 0 Å². The van der Waals surface area contributed by atoms with Crippen LogP contribution in [-0.2, 0) is 35.1 Å². The second-order valence-corrected chi connectivity index (χ2v) is 19.5. The van der Waals surface area contributed by atoms with Crippen molar-refractivity contribution in [1.82, 2.24) is 30.3 Å². The second kappa shape index (κ2) is 27.7. The number of carbonyl (C=O) groups excluding carboxylic acids is 4. The SMILES string of the molecule is CC[C@@H](C)[C@H](C(CC(=O)N1CCCC1[C@@H](OC)[C@H](C)C(=O)N[C@@H](Cc1ccccc1)c1nccs1)OC)N(C)C(=O)[C@@H](NC(=O)[C@H](C(C)C)N(C)C[C@@H](O)[C@@H](O)[C@H](O)[C@H](O)CN=[N+]=[N-])C(C)C. The molecule has 0 aliphatic carbocycles. The Morgan fingerprint density at radius 2 is 1.61 bits per heavy atom. The molecule has 13 atom stereocenters. The van der Waals surface area contributed by atoms with E-state index in [0.717, 1.165) is 17.0 Å². The number of nitrogens with one attached hydrogen (secondary N) is 2. The summed E-state index contributed by atoms with van der Waals surface area (Å²) in [4.78, 5) is 69.0. The van der Waals surface area contributed by atoms with Crippen LogP contribution in [0.5, 0.6) is 0 Å². The van der Waals surface area contributed by atoms with Crippen LogP contribution >= 0.6 is 11.3 Å². The first-order valence-corrected chi connectivity index (χ1v) is 24.2. The highest BCUT2D eigenvalue weighted by Crippen LogP contribution is 2.31. The fraction of sp³-hybridized carbons (Fsp3) is 0.723. The summed E-state index contributed by atoms with van der Waals surface area (Å²) in [5.41, 5.74) is 9.59. The molecule has 0 saturated carbocycles. The van der Waals surface area contributed by atoms with E-state index in [0.29, 0.717) is 25.8 Å². The number of thiazole rings is 1. The molecule has 1 aliphatic rings. The van der Waals surface area contributed by atoms with Crippen LogP contribution < -0.4 is 10.6 Å². The maximum atomic E-state index is 14.6. The minimum absolute atomic E-state index is 0.0514. The number of amides is 4. The van der Waals surface area contributed by atoms with Crippen molar-refractivity contribution in [3.63, 3.8) is 0 Å². The monoisotopic (exact) mass is 960 g/mol. The third-order valence-electron chi connectivity index (χ3n) is 13.2. The number of nitrogens with zero attached hydrogens (tertiary/aromatic N) is 7. The maximum Gasteiger partial charge on any atom is 0.245 e. The van der Waals surface area contributed by atoms with Crippen LogP contribution in [0.4, 0.5) is 0 Å². The molecular formula is C47H77N9O10S. The molecule has 1 aromatic carbocycles. The fourth-order valence-electron chi connectivity index (χ4n) is 9.25. The molecule has 1 aromatic heterocycles. The number of azide groups is 1. The number of aliphatic hydroxyl groups excluding tert-OH is 4. The molecule has 4 amide bonds. The van der Waals surface area contributed by atoms with Crippen molar-refractivity contribution in [2.24, 2.45) is 28.8 Å². The van der Waals surface area contributed by atoms with E-state index in [-0.39, 0.29) is 60.5 Å². The van der Waals surface area contributed by atoms with Gasteiger partial charge >= 0.3 is 0 Å². The van der Waals surface area contributed by atoms with Gasteiger partial charge in [-0.05, 0) is 55.2 Å². The molecule has 2 heterocycles. The smallest absolute Gasteiger partial charge is 0.245 e. The summed E-state index contributed by atoms with van der Waals surface area (Å²) in [6.07, 6.45) is -4.00. The van der Waals surface area contributed by atoms with Crippen LogP contribution in [0, 0.1) is 23.7 Å². The van der Waals surface area contributed by atoms with Gasteiger partial charge in [0.1, 0.15) is 23.3 Å². The number of aromatic nitrogens is 1. The van der Waals surface area contributed by atoms with Crippen molar-refractivity contribution in [2.45, 2.75) is 147 Å². The molecule has 0 radical (unpaired) electrons. The largest absolute Gasteiger partial charge is 0.390 e. The van der Waals surface area contributed by atoms with E-state index in [2.05, 4.69) is 25.6 Å². The van der Waals surface area contributed by atoms with Gasteiger partial charge in [-0.1, -0.05) is 90.3 Å². The van der Waals surface area contributed by atoms with Gasteiger partial charge in [0.15, 0.2) is 0 Å². The summed E-state index contributed by atoms with van der Waals surface area (Å²) in [5, 5.41) is 53.8. The number of hydrogen-bond acceptors (Lipinski definition) is 14. The summed E-state index contributed by atoms with van der Waals surface area (Å²) in [6, 6.07) is 6.68. The molecule has 1 saturated heterocycles. The number of likely N-dealkylation sites (N-methyl/N-ethyl adjacent to an activating group) is 2. The summed E-state index contributed by atoms with van der Waals surface area (Å²) in [5.74, 6) is -2.75. The lowest BCUT2D eigenvalue weighted by atomic mass is 9.89. The van der Waals surface area contributed by atoms with Gasteiger partial charge in [0, 0.05) is 50.8 Å². The van der Waals surface area contributed by atoms with E-state index in [4.69, 9.17) is 15.0 Å². The molecule has 1 fully saturated rings. The van der Waals surface area contributed by atoms with Crippen molar-refractivity contribution >= 4 is 35.0 Å². The van der Waals surface area contributed by atoms with E-state index in [9.17, 15) is 39.6 Å². The van der Waals surface area contributed by atoms with Crippen LogP contribution in [0.1, 0.15) is 90.8 Å². The van der Waals surface area contributed by atoms with Crippen LogP contribution in [0.25, 0.3) is 10.4 Å². The predicted molar refractivity (Wildman–Crippen MR) is 255 cm³/mol. The first kappa shape index (κ1) is 57.1. The highest BCUT2D eigenvalue weighted by Gasteiger charge is 2.44. The van der Waals surface area contributed by atoms with Crippen LogP contribution in [0.2, 0.25) is 0 Å². The fourth-order valence-corrected chi connectivity index (χ4v) is 9.94. The zero-order valence-corrected chi connectivity index (χ0v) is 42.0. The Labute approximate surface area is 400 Å². The summed E-state index contributed by atoms with van der Waals surface area (Å²) in [7, 11) is 6.29. The Morgan fingerprint density at radius 1 is 0.955 bits per heavy atom. The number of benzene rings is 1. The molecular weight excluding hydrogens is 883 g/mol. The second-order valence-electron chi connectivity index (χ2n) is 18.6. The Kier molecular flexibility index (Phi) is 23.6. The molecule has 0 bridgehead atoms. The van der Waals surface area contributed by atoms with Gasteiger partial charge in [-0.2, -0.15) is 0 Å². The zero-order valence-electron chi connectivity index (χ0n) is 41.1. The molecule has 1 aliphatic heterocycles. The van der Waals surface area contributed by atoms with E-state index >= 15 is 0 Å². The van der Waals surface area contributed by atoms with E-state index < -0.39 is 73.1 Å². The molecule has 376 valence electrons. The third-order valence-corrected chi connectivity index (χ3v) is 14.0. The van der Waals surface area contributed by atoms with Gasteiger partial charge in [-0.3, -0.25) is 24.1 Å². The molecule has 2 unspecified atom stereocenters. The average Bonchev–Trinajstić information content (AvgIpc) is 4.03. The molecule has 20 heteroatoms. The first-order valence-electron chi connectivity index (χ1n) is 23.3. The van der Waals surface area contributed by atoms with Gasteiger partial charge in [0.25, 0.3) is 0 Å². The molecule has 2 aromatic rings. The topological polar surface area (TPSA) is 263 Å². The van der Waals surface area contributed by atoms with E-state index in [1.165, 1.54) is 23.3 Å². The number of aliphatic hydroxyl groups is 4. The number of likely N-dealkylation sites (tertiary alicyclic amines) is 1. The van der Waals surface area contributed by atoms with Gasteiger partial charge in [0.2, 0.25) is 23.6 Å². The average molecular weight is 960 g/mol. The lowest BCUT2D eigenvalue weighted by Crippen LogP contribution is -2.60.